The number of likely N-dealkylation sites (tertiary alicyclic amines) is 1. The lowest BCUT2D eigenvalue weighted by molar-refractivity contribution is -0.137. The summed E-state index contributed by atoms with van der Waals surface area (Å²) in [6.07, 6.45) is 1.37. The minimum absolute atomic E-state index is 0.242. The molecule has 2 rings (SSSR count). The van der Waals surface area contributed by atoms with Crippen LogP contribution in [-0.4, -0.2) is 35.1 Å². The van der Waals surface area contributed by atoms with Crippen LogP contribution in [0.3, 0.4) is 0 Å². The number of carboxylic acid groups (broad SMARTS) is 1. The van der Waals surface area contributed by atoms with Gasteiger partial charge in [-0.15, -0.1) is 0 Å². The Morgan fingerprint density at radius 3 is 2.76 bits per heavy atom. The van der Waals surface area contributed by atoms with E-state index in [2.05, 4.69) is 36.1 Å². The first-order chi connectivity index (χ1) is 8.18. The lowest BCUT2D eigenvalue weighted by Crippen LogP contribution is -2.31. The van der Waals surface area contributed by atoms with Crippen LogP contribution in [0.5, 0.6) is 0 Å². The second-order valence-electron chi connectivity index (χ2n) is 4.73. The van der Waals surface area contributed by atoms with Gasteiger partial charge in [-0.05, 0) is 25.5 Å². The Morgan fingerprint density at radius 2 is 2.12 bits per heavy atom. The van der Waals surface area contributed by atoms with Crippen LogP contribution in [0.1, 0.15) is 31.2 Å². The van der Waals surface area contributed by atoms with Gasteiger partial charge >= 0.3 is 5.97 Å². The molecule has 1 N–H and O–H groups in total. The Morgan fingerprint density at radius 1 is 1.41 bits per heavy atom. The predicted octanol–water partition coefficient (Wildman–Crippen LogP) is 2.34. The highest BCUT2D eigenvalue weighted by Crippen LogP contribution is 2.32. The van der Waals surface area contributed by atoms with Gasteiger partial charge in [-0.3, -0.25) is 9.69 Å². The number of hydrogen-bond acceptors (Lipinski definition) is 2. The van der Waals surface area contributed by atoms with E-state index in [1.807, 2.05) is 6.07 Å². The van der Waals surface area contributed by atoms with Gasteiger partial charge in [0, 0.05) is 18.5 Å². The van der Waals surface area contributed by atoms with Gasteiger partial charge in [0.25, 0.3) is 0 Å². The van der Waals surface area contributed by atoms with Crippen LogP contribution in [0.4, 0.5) is 0 Å². The molecule has 1 fully saturated rings. The van der Waals surface area contributed by atoms with Crippen molar-refractivity contribution < 1.29 is 9.90 Å². The Kier molecular flexibility index (Phi) is 3.79. The quantitative estimate of drug-likeness (QED) is 0.867. The molecule has 0 unspecified atom stereocenters. The van der Waals surface area contributed by atoms with Gasteiger partial charge in [0.15, 0.2) is 0 Å². The second-order valence-corrected chi connectivity index (χ2v) is 4.73. The zero-order valence-corrected chi connectivity index (χ0v) is 10.2. The number of carbonyl (C=O) groups is 1. The number of carboxylic acids is 1. The van der Waals surface area contributed by atoms with Crippen LogP contribution in [0.25, 0.3) is 0 Å². The fourth-order valence-electron chi connectivity index (χ4n) is 2.70. The van der Waals surface area contributed by atoms with Crippen molar-refractivity contribution in [2.24, 2.45) is 0 Å². The minimum Gasteiger partial charge on any atom is -0.481 e. The van der Waals surface area contributed by atoms with Gasteiger partial charge in [-0.2, -0.15) is 0 Å². The molecule has 92 valence electrons. The molecule has 1 saturated heterocycles. The Bertz CT molecular complexity index is 377. The van der Waals surface area contributed by atoms with Crippen molar-refractivity contribution in [1.82, 2.24) is 4.90 Å². The smallest absolute Gasteiger partial charge is 0.304 e. The lowest BCUT2D eigenvalue weighted by Gasteiger charge is -2.24. The molecule has 17 heavy (non-hydrogen) atoms. The summed E-state index contributed by atoms with van der Waals surface area (Å²) in [7, 11) is 0. The molecule has 0 aliphatic carbocycles. The van der Waals surface area contributed by atoms with Crippen molar-refractivity contribution in [1.29, 1.82) is 0 Å². The number of hydrogen-bond donors (Lipinski definition) is 1. The molecule has 1 heterocycles. The number of rotatable bonds is 4. The van der Waals surface area contributed by atoms with Crippen LogP contribution >= 0.6 is 0 Å². The molecule has 3 heteroatoms. The second kappa shape index (κ2) is 5.32. The third-order valence-corrected chi connectivity index (χ3v) is 3.73. The van der Waals surface area contributed by atoms with Crippen LogP contribution in [0, 0.1) is 0 Å². The molecule has 0 bridgehead atoms. The van der Waals surface area contributed by atoms with E-state index in [0.29, 0.717) is 18.5 Å². The van der Waals surface area contributed by atoms with Crippen molar-refractivity contribution in [2.75, 3.05) is 13.1 Å². The largest absolute Gasteiger partial charge is 0.481 e. The SMILES string of the molecule is C[C@H]1[C@H](c2ccccc2)CCN1CCC(=O)O. The fraction of sp³-hybridized carbons (Fsp3) is 0.500. The molecule has 2 atom stereocenters. The van der Waals surface area contributed by atoms with Gasteiger partial charge in [-0.25, -0.2) is 0 Å². The Labute approximate surface area is 102 Å². The monoisotopic (exact) mass is 233 g/mol. The van der Waals surface area contributed by atoms with Crippen molar-refractivity contribution in [3.63, 3.8) is 0 Å². The van der Waals surface area contributed by atoms with Gasteiger partial charge in [0.1, 0.15) is 0 Å². The van der Waals surface area contributed by atoms with Gasteiger partial charge in [-0.1, -0.05) is 30.3 Å². The van der Waals surface area contributed by atoms with Gasteiger partial charge in [0.05, 0.1) is 6.42 Å². The minimum atomic E-state index is -0.708. The molecular weight excluding hydrogens is 214 g/mol. The summed E-state index contributed by atoms with van der Waals surface area (Å²) in [5.41, 5.74) is 1.37. The highest BCUT2D eigenvalue weighted by molar-refractivity contribution is 5.66. The van der Waals surface area contributed by atoms with Crippen LogP contribution < -0.4 is 0 Å². The summed E-state index contributed by atoms with van der Waals surface area (Å²) >= 11 is 0. The molecule has 0 amide bonds. The molecule has 0 aromatic heterocycles. The Hall–Kier alpha value is -1.35. The van der Waals surface area contributed by atoms with Gasteiger partial charge in [0.2, 0.25) is 0 Å². The van der Waals surface area contributed by atoms with E-state index in [1.54, 1.807) is 0 Å². The lowest BCUT2D eigenvalue weighted by atomic mass is 9.93. The first kappa shape index (κ1) is 12.1. The third-order valence-electron chi connectivity index (χ3n) is 3.73. The Balaban J connectivity index is 1.98. The van der Waals surface area contributed by atoms with E-state index in [1.165, 1.54) is 5.56 Å². The van der Waals surface area contributed by atoms with E-state index >= 15 is 0 Å². The third kappa shape index (κ3) is 2.86. The number of benzene rings is 1. The van der Waals surface area contributed by atoms with Crippen LogP contribution in [0.2, 0.25) is 0 Å². The molecule has 1 aromatic rings. The van der Waals surface area contributed by atoms with E-state index < -0.39 is 5.97 Å². The highest BCUT2D eigenvalue weighted by atomic mass is 16.4. The maximum atomic E-state index is 10.6. The average Bonchev–Trinajstić information content (AvgIpc) is 2.69. The summed E-state index contributed by atoms with van der Waals surface area (Å²) in [6, 6.07) is 11.0. The number of nitrogens with zero attached hydrogens (tertiary/aromatic N) is 1. The summed E-state index contributed by atoms with van der Waals surface area (Å²) in [6.45, 7) is 3.88. The van der Waals surface area contributed by atoms with Gasteiger partial charge < -0.3 is 5.11 Å². The first-order valence-corrected chi connectivity index (χ1v) is 6.19. The normalized spacial score (nSPS) is 25.0. The summed E-state index contributed by atoms with van der Waals surface area (Å²) in [5.74, 6) is -0.162. The van der Waals surface area contributed by atoms with E-state index in [4.69, 9.17) is 5.11 Å². The molecule has 3 nitrogen and oxygen atoms in total. The summed E-state index contributed by atoms with van der Waals surface area (Å²) in [4.78, 5) is 12.9. The molecule has 0 radical (unpaired) electrons. The van der Waals surface area contributed by atoms with Crippen LogP contribution in [-0.2, 0) is 4.79 Å². The first-order valence-electron chi connectivity index (χ1n) is 6.19. The molecule has 1 aromatic carbocycles. The maximum Gasteiger partial charge on any atom is 0.304 e. The maximum absolute atomic E-state index is 10.6. The zero-order valence-electron chi connectivity index (χ0n) is 10.2. The zero-order chi connectivity index (χ0) is 12.3. The molecule has 0 saturated carbocycles. The van der Waals surface area contributed by atoms with E-state index in [-0.39, 0.29) is 6.42 Å². The topological polar surface area (TPSA) is 40.5 Å². The fourth-order valence-corrected chi connectivity index (χ4v) is 2.70. The molecule has 1 aliphatic heterocycles. The molecule has 1 aliphatic rings. The summed E-state index contributed by atoms with van der Waals surface area (Å²) < 4.78 is 0. The predicted molar refractivity (Wildman–Crippen MR) is 67.1 cm³/mol. The molecular formula is C14H19NO2. The highest BCUT2D eigenvalue weighted by Gasteiger charge is 2.31. The molecule has 0 spiro atoms. The van der Waals surface area contributed by atoms with Crippen molar-refractivity contribution >= 4 is 5.97 Å². The van der Waals surface area contributed by atoms with Crippen LogP contribution in [0.15, 0.2) is 30.3 Å². The number of aliphatic carboxylic acids is 1. The standard InChI is InChI=1S/C14H19NO2/c1-11-13(12-5-3-2-4-6-12)7-9-15(11)10-8-14(16)17/h2-6,11,13H,7-10H2,1H3,(H,16,17)/t11-,13+/m0/s1. The van der Waals surface area contributed by atoms with Crippen molar-refractivity contribution in [3.8, 4) is 0 Å². The average molecular weight is 233 g/mol. The van der Waals surface area contributed by atoms with Crippen molar-refractivity contribution in [2.45, 2.75) is 31.7 Å². The van der Waals surface area contributed by atoms with E-state index in [9.17, 15) is 4.79 Å². The van der Waals surface area contributed by atoms with Crippen molar-refractivity contribution in [3.05, 3.63) is 35.9 Å². The van der Waals surface area contributed by atoms with E-state index in [0.717, 1.165) is 13.0 Å². The summed E-state index contributed by atoms with van der Waals surface area (Å²) in [5, 5.41) is 8.72.